The molecule has 19 heavy (non-hydrogen) atoms. The number of nitrogens with zero attached hydrogens (tertiary/aromatic N) is 1. The summed E-state index contributed by atoms with van der Waals surface area (Å²) in [6.45, 7) is 2.86. The number of para-hydroxylation sites is 1. The minimum Gasteiger partial charge on any atom is -0.491 e. The summed E-state index contributed by atoms with van der Waals surface area (Å²) >= 11 is 5.51. The van der Waals surface area contributed by atoms with Crippen molar-refractivity contribution in [1.29, 1.82) is 0 Å². The molecule has 3 nitrogen and oxygen atoms in total. The first-order chi connectivity index (χ1) is 9.31. The molecule has 1 aliphatic carbocycles. The van der Waals surface area contributed by atoms with Gasteiger partial charge in [-0.3, -0.25) is 0 Å². The quantitative estimate of drug-likeness (QED) is 0.827. The van der Waals surface area contributed by atoms with Crippen molar-refractivity contribution >= 4 is 23.3 Å². The third-order valence-electron chi connectivity index (χ3n) is 3.87. The van der Waals surface area contributed by atoms with Gasteiger partial charge in [0, 0.05) is 6.04 Å². The molecule has 3 rings (SSSR count). The van der Waals surface area contributed by atoms with E-state index in [1.807, 2.05) is 6.07 Å². The zero-order valence-electron chi connectivity index (χ0n) is 11.3. The first-order valence-corrected chi connectivity index (χ1v) is 7.58. The number of rotatable bonds is 4. The number of ether oxygens (including phenoxy) is 1. The summed E-state index contributed by atoms with van der Waals surface area (Å²) < 4.78 is 8.92. The van der Waals surface area contributed by atoms with E-state index in [9.17, 15) is 0 Å². The topological polar surface area (TPSA) is 29.9 Å². The van der Waals surface area contributed by atoms with E-state index in [4.69, 9.17) is 17.0 Å². The van der Waals surface area contributed by atoms with Crippen LogP contribution in [0, 0.1) is 4.77 Å². The van der Waals surface area contributed by atoms with E-state index >= 15 is 0 Å². The van der Waals surface area contributed by atoms with Gasteiger partial charge in [-0.25, -0.2) is 0 Å². The second-order valence-electron chi connectivity index (χ2n) is 5.24. The Balaban J connectivity index is 2.08. The highest BCUT2D eigenvalue weighted by Crippen LogP contribution is 2.34. The monoisotopic (exact) mass is 276 g/mol. The van der Waals surface area contributed by atoms with Crippen molar-refractivity contribution in [2.24, 2.45) is 0 Å². The van der Waals surface area contributed by atoms with Gasteiger partial charge in [0.25, 0.3) is 0 Å². The van der Waals surface area contributed by atoms with Gasteiger partial charge in [-0.15, -0.1) is 0 Å². The molecule has 0 atom stereocenters. The van der Waals surface area contributed by atoms with Gasteiger partial charge in [-0.2, -0.15) is 0 Å². The Kier molecular flexibility index (Phi) is 3.60. The van der Waals surface area contributed by atoms with Gasteiger partial charge >= 0.3 is 0 Å². The fourth-order valence-corrected chi connectivity index (χ4v) is 3.33. The number of imidazole rings is 1. The molecule has 0 unspecified atom stereocenters. The van der Waals surface area contributed by atoms with E-state index in [0.717, 1.165) is 29.1 Å². The largest absolute Gasteiger partial charge is 0.491 e. The molecule has 1 saturated carbocycles. The minimum atomic E-state index is 0.558. The molecule has 0 radical (unpaired) electrons. The number of nitrogens with one attached hydrogen (secondary N) is 1. The van der Waals surface area contributed by atoms with Crippen molar-refractivity contribution in [2.45, 2.75) is 45.1 Å². The van der Waals surface area contributed by atoms with Crippen molar-refractivity contribution in [3.63, 3.8) is 0 Å². The Labute approximate surface area is 118 Å². The second kappa shape index (κ2) is 5.37. The lowest BCUT2D eigenvalue weighted by atomic mass is 10.2. The Morgan fingerprint density at radius 2 is 2.16 bits per heavy atom. The maximum Gasteiger partial charge on any atom is 0.178 e. The van der Waals surface area contributed by atoms with Gasteiger partial charge < -0.3 is 14.3 Å². The molecule has 102 valence electrons. The normalized spacial score (nSPS) is 16.3. The molecule has 0 saturated heterocycles. The number of hydrogen-bond donors (Lipinski definition) is 1. The van der Waals surface area contributed by atoms with Crippen molar-refractivity contribution < 1.29 is 4.74 Å². The van der Waals surface area contributed by atoms with Crippen LogP contribution in [-0.4, -0.2) is 16.2 Å². The van der Waals surface area contributed by atoms with Crippen LogP contribution in [0.2, 0.25) is 0 Å². The Morgan fingerprint density at radius 1 is 1.37 bits per heavy atom. The molecule has 0 spiro atoms. The molecule has 4 heteroatoms. The maximum absolute atomic E-state index is 5.81. The lowest BCUT2D eigenvalue weighted by Gasteiger charge is -2.13. The van der Waals surface area contributed by atoms with Crippen molar-refractivity contribution in [3.05, 3.63) is 23.0 Å². The maximum atomic E-state index is 5.81. The lowest BCUT2D eigenvalue weighted by Crippen LogP contribution is -2.04. The van der Waals surface area contributed by atoms with Crippen LogP contribution < -0.4 is 4.74 Å². The molecule has 0 aliphatic heterocycles. The fraction of sp³-hybridized carbons (Fsp3) is 0.533. The Bertz CT molecular complexity index is 623. The summed E-state index contributed by atoms with van der Waals surface area (Å²) in [5.74, 6) is 0.919. The fourth-order valence-electron chi connectivity index (χ4n) is 2.98. The third-order valence-corrected chi connectivity index (χ3v) is 4.16. The Hall–Kier alpha value is -1.29. The highest BCUT2D eigenvalue weighted by molar-refractivity contribution is 7.71. The molecular weight excluding hydrogens is 256 g/mol. The van der Waals surface area contributed by atoms with Crippen molar-refractivity contribution in [3.8, 4) is 5.75 Å². The minimum absolute atomic E-state index is 0.558. The number of H-pyrrole nitrogens is 1. The first-order valence-electron chi connectivity index (χ1n) is 7.17. The number of benzene rings is 1. The summed E-state index contributed by atoms with van der Waals surface area (Å²) in [5.41, 5.74) is 2.23. The van der Waals surface area contributed by atoms with E-state index < -0.39 is 0 Å². The number of fused-ring (bicyclic) bond motifs is 1. The zero-order valence-corrected chi connectivity index (χ0v) is 12.1. The molecule has 1 aromatic heterocycles. The summed E-state index contributed by atoms with van der Waals surface area (Å²) in [7, 11) is 0. The van der Waals surface area contributed by atoms with Gasteiger partial charge in [-0.1, -0.05) is 25.8 Å². The van der Waals surface area contributed by atoms with Crippen LogP contribution in [0.3, 0.4) is 0 Å². The predicted octanol–water partition coefficient (Wildman–Crippen LogP) is 4.60. The molecule has 0 bridgehead atoms. The second-order valence-corrected chi connectivity index (χ2v) is 5.62. The van der Waals surface area contributed by atoms with Crippen LogP contribution in [0.4, 0.5) is 0 Å². The molecule has 1 fully saturated rings. The van der Waals surface area contributed by atoms with E-state index in [0.29, 0.717) is 6.04 Å². The van der Waals surface area contributed by atoms with Crippen LogP contribution in [0.15, 0.2) is 18.2 Å². The van der Waals surface area contributed by atoms with E-state index in [-0.39, 0.29) is 0 Å². The molecule has 1 aromatic carbocycles. The highest BCUT2D eigenvalue weighted by Gasteiger charge is 2.20. The summed E-state index contributed by atoms with van der Waals surface area (Å²) in [4.78, 5) is 3.33. The van der Waals surface area contributed by atoms with Crippen LogP contribution in [-0.2, 0) is 0 Å². The molecule has 1 heterocycles. The van der Waals surface area contributed by atoms with Gasteiger partial charge in [0.1, 0.15) is 11.3 Å². The summed E-state index contributed by atoms with van der Waals surface area (Å²) in [6.07, 6.45) is 6.11. The molecule has 0 amide bonds. The number of aromatic nitrogens is 2. The van der Waals surface area contributed by atoms with Crippen LogP contribution in [0.25, 0.3) is 11.0 Å². The highest BCUT2D eigenvalue weighted by atomic mass is 32.1. The van der Waals surface area contributed by atoms with Gasteiger partial charge in [0.2, 0.25) is 0 Å². The lowest BCUT2D eigenvalue weighted by molar-refractivity contribution is 0.320. The zero-order chi connectivity index (χ0) is 13.2. The number of hydrogen-bond acceptors (Lipinski definition) is 2. The van der Waals surface area contributed by atoms with Crippen molar-refractivity contribution in [1.82, 2.24) is 9.55 Å². The smallest absolute Gasteiger partial charge is 0.178 e. The predicted molar refractivity (Wildman–Crippen MR) is 80.4 cm³/mol. The van der Waals surface area contributed by atoms with E-state index in [2.05, 4.69) is 28.6 Å². The first kappa shape index (κ1) is 12.7. The van der Waals surface area contributed by atoms with Crippen LogP contribution >= 0.6 is 12.2 Å². The van der Waals surface area contributed by atoms with E-state index in [1.54, 1.807) is 0 Å². The Morgan fingerprint density at radius 3 is 2.89 bits per heavy atom. The SMILES string of the molecule is CCCOc1cccc2c1[nH]c(=S)n2C1CCCC1. The van der Waals surface area contributed by atoms with Crippen molar-refractivity contribution in [2.75, 3.05) is 6.61 Å². The van der Waals surface area contributed by atoms with Gasteiger partial charge in [0.05, 0.1) is 12.1 Å². The average Bonchev–Trinajstić information content (AvgIpc) is 3.02. The number of aromatic amines is 1. The summed E-state index contributed by atoms with van der Waals surface area (Å²) in [6, 6.07) is 6.77. The van der Waals surface area contributed by atoms with Gasteiger partial charge in [-0.05, 0) is 43.6 Å². The average molecular weight is 276 g/mol. The standard InChI is InChI=1S/C15H20N2OS/c1-2-10-18-13-9-5-8-12-14(13)16-15(19)17(12)11-6-3-4-7-11/h5,8-9,11H,2-4,6-7,10H2,1H3,(H,16,19). The van der Waals surface area contributed by atoms with Crippen LogP contribution in [0.1, 0.15) is 45.1 Å². The third kappa shape index (κ3) is 2.29. The summed E-state index contributed by atoms with van der Waals surface area (Å²) in [5, 5.41) is 0. The molecule has 2 aromatic rings. The molecular formula is C15H20N2OS. The molecule has 1 aliphatic rings. The van der Waals surface area contributed by atoms with Crippen LogP contribution in [0.5, 0.6) is 5.75 Å². The van der Waals surface area contributed by atoms with E-state index in [1.165, 1.54) is 31.2 Å². The molecule has 1 N–H and O–H groups in total. The van der Waals surface area contributed by atoms with Gasteiger partial charge in [0.15, 0.2) is 4.77 Å².